The Balaban J connectivity index is 2.37. The van der Waals surface area contributed by atoms with E-state index in [1.807, 2.05) is 13.0 Å². The number of rotatable bonds is 6. The number of hydrogen-bond donors (Lipinski definition) is 3. The van der Waals surface area contributed by atoms with E-state index in [1.54, 1.807) is 12.1 Å². The van der Waals surface area contributed by atoms with Crippen LogP contribution in [-0.4, -0.2) is 36.8 Å². The van der Waals surface area contributed by atoms with E-state index in [0.29, 0.717) is 30.4 Å². The lowest BCUT2D eigenvalue weighted by molar-refractivity contribution is 0.0956. The van der Waals surface area contributed by atoms with Gasteiger partial charge in [-0.3, -0.25) is 4.79 Å². The van der Waals surface area contributed by atoms with Crippen molar-refractivity contribution in [2.45, 2.75) is 38.6 Å². The molecular weight excluding hydrogens is 266 g/mol. The standard InChI is InChI=1S/C16H25N3O2/c1-2-18-16(21)14-8-7-12(17)11-15(14)19(9-10-20)13-5-3-4-6-13/h7-8,11,13,20H,2-6,9-10,17H2,1H3,(H,18,21). The maximum atomic E-state index is 12.3. The Kier molecular flexibility index (Phi) is 5.44. The molecule has 0 unspecified atom stereocenters. The molecule has 5 nitrogen and oxygen atoms in total. The summed E-state index contributed by atoms with van der Waals surface area (Å²) >= 11 is 0. The minimum absolute atomic E-state index is 0.0696. The van der Waals surface area contributed by atoms with Crippen molar-refractivity contribution in [3.8, 4) is 0 Å². The fourth-order valence-corrected chi connectivity index (χ4v) is 3.06. The predicted molar refractivity (Wildman–Crippen MR) is 85.5 cm³/mol. The van der Waals surface area contributed by atoms with Gasteiger partial charge in [-0.2, -0.15) is 0 Å². The summed E-state index contributed by atoms with van der Waals surface area (Å²) in [5.41, 5.74) is 8.02. The molecule has 0 spiro atoms. The average molecular weight is 291 g/mol. The summed E-state index contributed by atoms with van der Waals surface area (Å²) in [4.78, 5) is 14.4. The van der Waals surface area contributed by atoms with Gasteiger partial charge in [0, 0.05) is 24.8 Å². The van der Waals surface area contributed by atoms with Gasteiger partial charge in [0.25, 0.3) is 5.91 Å². The molecule has 5 heteroatoms. The monoisotopic (exact) mass is 291 g/mol. The van der Waals surface area contributed by atoms with Crippen LogP contribution in [0, 0.1) is 0 Å². The Morgan fingerprint density at radius 3 is 2.76 bits per heavy atom. The normalized spacial score (nSPS) is 15.1. The summed E-state index contributed by atoms with van der Waals surface area (Å²) in [5, 5.41) is 12.2. The zero-order valence-corrected chi connectivity index (χ0v) is 12.6. The number of nitrogen functional groups attached to an aromatic ring is 1. The Hall–Kier alpha value is -1.75. The fourth-order valence-electron chi connectivity index (χ4n) is 3.06. The Labute approximate surface area is 126 Å². The van der Waals surface area contributed by atoms with Gasteiger partial charge in [-0.25, -0.2) is 0 Å². The third kappa shape index (κ3) is 3.67. The van der Waals surface area contributed by atoms with Gasteiger partial charge in [0.2, 0.25) is 0 Å². The highest BCUT2D eigenvalue weighted by Gasteiger charge is 2.25. The summed E-state index contributed by atoms with van der Waals surface area (Å²) in [6.45, 7) is 3.09. The van der Waals surface area contributed by atoms with Crippen molar-refractivity contribution in [3.63, 3.8) is 0 Å². The zero-order chi connectivity index (χ0) is 15.2. The zero-order valence-electron chi connectivity index (χ0n) is 12.6. The van der Waals surface area contributed by atoms with E-state index in [2.05, 4.69) is 10.2 Å². The van der Waals surface area contributed by atoms with Crippen LogP contribution in [0.4, 0.5) is 11.4 Å². The van der Waals surface area contributed by atoms with Crippen LogP contribution in [-0.2, 0) is 0 Å². The summed E-state index contributed by atoms with van der Waals surface area (Å²) < 4.78 is 0. The van der Waals surface area contributed by atoms with Crippen LogP contribution < -0.4 is 16.0 Å². The molecule has 0 aliphatic heterocycles. The first-order valence-electron chi connectivity index (χ1n) is 7.72. The maximum Gasteiger partial charge on any atom is 0.253 e. The van der Waals surface area contributed by atoms with Crippen LogP contribution in [0.5, 0.6) is 0 Å². The second-order valence-corrected chi connectivity index (χ2v) is 5.49. The molecule has 1 aromatic carbocycles. The molecule has 1 amide bonds. The smallest absolute Gasteiger partial charge is 0.253 e. The van der Waals surface area contributed by atoms with Gasteiger partial charge in [0.05, 0.1) is 17.9 Å². The van der Waals surface area contributed by atoms with Crippen molar-refractivity contribution in [3.05, 3.63) is 23.8 Å². The van der Waals surface area contributed by atoms with Crippen LogP contribution in [0.2, 0.25) is 0 Å². The van der Waals surface area contributed by atoms with Crippen molar-refractivity contribution in [2.75, 3.05) is 30.3 Å². The van der Waals surface area contributed by atoms with Crippen LogP contribution in [0.3, 0.4) is 0 Å². The number of amides is 1. The molecular formula is C16H25N3O2. The SMILES string of the molecule is CCNC(=O)c1ccc(N)cc1N(CCO)C1CCCC1. The quantitative estimate of drug-likeness (QED) is 0.698. The van der Waals surface area contributed by atoms with Crippen molar-refractivity contribution in [1.29, 1.82) is 0 Å². The van der Waals surface area contributed by atoms with Gasteiger partial charge in [-0.05, 0) is 38.0 Å². The van der Waals surface area contributed by atoms with Crippen LogP contribution in [0.25, 0.3) is 0 Å². The van der Waals surface area contributed by atoms with Crippen LogP contribution in [0.1, 0.15) is 43.0 Å². The molecule has 21 heavy (non-hydrogen) atoms. The predicted octanol–water partition coefficient (Wildman–Crippen LogP) is 1.76. The average Bonchev–Trinajstić information content (AvgIpc) is 2.98. The van der Waals surface area contributed by atoms with E-state index < -0.39 is 0 Å². The molecule has 1 aromatic rings. The molecule has 0 atom stereocenters. The molecule has 1 aliphatic rings. The molecule has 0 bridgehead atoms. The number of nitrogens with one attached hydrogen (secondary N) is 1. The number of benzene rings is 1. The molecule has 0 heterocycles. The molecule has 1 saturated carbocycles. The number of aliphatic hydroxyl groups is 1. The Morgan fingerprint density at radius 1 is 1.43 bits per heavy atom. The number of nitrogens with two attached hydrogens (primary N) is 1. The van der Waals surface area contributed by atoms with Gasteiger partial charge >= 0.3 is 0 Å². The first kappa shape index (κ1) is 15.6. The molecule has 0 saturated heterocycles. The third-order valence-electron chi connectivity index (χ3n) is 4.02. The highest BCUT2D eigenvalue weighted by atomic mass is 16.3. The van der Waals surface area contributed by atoms with E-state index in [0.717, 1.165) is 18.5 Å². The summed E-state index contributed by atoms with van der Waals surface area (Å²) in [6.07, 6.45) is 4.60. The molecule has 2 rings (SSSR count). The van der Waals surface area contributed by atoms with Crippen molar-refractivity contribution >= 4 is 17.3 Å². The number of hydrogen-bond acceptors (Lipinski definition) is 4. The Bertz CT molecular complexity index is 484. The first-order valence-corrected chi connectivity index (χ1v) is 7.72. The van der Waals surface area contributed by atoms with E-state index in [1.165, 1.54) is 12.8 Å². The van der Waals surface area contributed by atoms with Crippen LogP contribution >= 0.6 is 0 Å². The lowest BCUT2D eigenvalue weighted by Crippen LogP contribution is -2.37. The largest absolute Gasteiger partial charge is 0.399 e. The van der Waals surface area contributed by atoms with Gasteiger partial charge in [0.15, 0.2) is 0 Å². The summed E-state index contributed by atoms with van der Waals surface area (Å²) in [5.74, 6) is -0.0894. The first-order chi connectivity index (χ1) is 10.2. The lowest BCUT2D eigenvalue weighted by Gasteiger charge is -2.32. The van der Waals surface area contributed by atoms with Crippen molar-refractivity contribution in [2.24, 2.45) is 0 Å². The highest BCUT2D eigenvalue weighted by molar-refractivity contribution is 6.00. The minimum atomic E-state index is -0.0894. The molecule has 116 valence electrons. The highest BCUT2D eigenvalue weighted by Crippen LogP contribution is 2.31. The van der Waals surface area contributed by atoms with E-state index in [-0.39, 0.29) is 12.5 Å². The van der Waals surface area contributed by atoms with E-state index >= 15 is 0 Å². The van der Waals surface area contributed by atoms with Crippen molar-refractivity contribution < 1.29 is 9.90 Å². The van der Waals surface area contributed by atoms with Gasteiger partial charge in [-0.15, -0.1) is 0 Å². The number of carbonyl (C=O) groups is 1. The maximum absolute atomic E-state index is 12.3. The second kappa shape index (κ2) is 7.31. The van der Waals surface area contributed by atoms with Gasteiger partial charge in [0.1, 0.15) is 0 Å². The van der Waals surface area contributed by atoms with Gasteiger partial charge in [-0.1, -0.05) is 12.8 Å². The Morgan fingerprint density at radius 2 is 2.14 bits per heavy atom. The number of anilines is 2. The fraction of sp³-hybridized carbons (Fsp3) is 0.562. The number of aliphatic hydroxyl groups excluding tert-OH is 1. The van der Waals surface area contributed by atoms with Gasteiger partial charge < -0.3 is 21.1 Å². The lowest BCUT2D eigenvalue weighted by atomic mass is 10.1. The van der Waals surface area contributed by atoms with E-state index in [9.17, 15) is 9.90 Å². The van der Waals surface area contributed by atoms with E-state index in [4.69, 9.17) is 5.73 Å². The topological polar surface area (TPSA) is 78.6 Å². The van der Waals surface area contributed by atoms with Crippen LogP contribution in [0.15, 0.2) is 18.2 Å². The van der Waals surface area contributed by atoms with Crippen molar-refractivity contribution in [1.82, 2.24) is 5.32 Å². The summed E-state index contributed by atoms with van der Waals surface area (Å²) in [6, 6.07) is 5.75. The second-order valence-electron chi connectivity index (χ2n) is 5.49. The third-order valence-corrected chi connectivity index (χ3v) is 4.02. The number of carbonyl (C=O) groups excluding carboxylic acids is 1. The summed E-state index contributed by atoms with van der Waals surface area (Å²) in [7, 11) is 0. The minimum Gasteiger partial charge on any atom is -0.399 e. The molecule has 1 fully saturated rings. The number of nitrogens with zero attached hydrogens (tertiary/aromatic N) is 1. The molecule has 4 N–H and O–H groups in total. The molecule has 0 aromatic heterocycles. The molecule has 0 radical (unpaired) electrons. The molecule has 1 aliphatic carbocycles.